The van der Waals surface area contributed by atoms with Gasteiger partial charge in [0.25, 0.3) is 5.91 Å². The number of aliphatic hydroxyl groups is 1. The first kappa shape index (κ1) is 20.5. The van der Waals surface area contributed by atoms with E-state index in [9.17, 15) is 9.90 Å². The van der Waals surface area contributed by atoms with Crippen LogP contribution in [0.25, 0.3) is 10.9 Å². The normalized spacial score (nSPS) is 17.5. The van der Waals surface area contributed by atoms with E-state index in [-0.39, 0.29) is 12.0 Å². The van der Waals surface area contributed by atoms with Gasteiger partial charge in [0.1, 0.15) is 5.82 Å². The Bertz CT molecular complexity index is 829. The SMILES string of the molecule is Cc1ccc2nc(N3CCC(NCC(C)O)CC3)c(C(=O)NC(C)N)cc2c1. The lowest BCUT2D eigenvalue weighted by Crippen LogP contribution is -2.45. The van der Waals surface area contributed by atoms with Gasteiger partial charge in [-0.15, -0.1) is 0 Å². The fourth-order valence-electron chi connectivity index (χ4n) is 3.61. The molecule has 152 valence electrons. The number of fused-ring (bicyclic) bond motifs is 1. The van der Waals surface area contributed by atoms with Crippen molar-refractivity contribution in [2.24, 2.45) is 5.73 Å². The number of carbonyl (C=O) groups excluding carboxylic acids is 1. The fraction of sp³-hybridized carbons (Fsp3) is 0.524. The number of benzene rings is 1. The lowest BCUT2D eigenvalue weighted by atomic mass is 10.0. The smallest absolute Gasteiger partial charge is 0.256 e. The lowest BCUT2D eigenvalue weighted by Gasteiger charge is -2.34. The number of aromatic nitrogens is 1. The summed E-state index contributed by atoms with van der Waals surface area (Å²) >= 11 is 0. The number of amides is 1. The molecular formula is C21H31N5O2. The van der Waals surface area contributed by atoms with Crippen molar-refractivity contribution in [2.75, 3.05) is 24.5 Å². The van der Waals surface area contributed by atoms with E-state index in [0.717, 1.165) is 42.4 Å². The van der Waals surface area contributed by atoms with Crippen molar-refractivity contribution in [3.63, 3.8) is 0 Å². The van der Waals surface area contributed by atoms with E-state index in [0.29, 0.717) is 24.0 Å². The summed E-state index contributed by atoms with van der Waals surface area (Å²) in [5.41, 5.74) is 8.35. The van der Waals surface area contributed by atoms with E-state index in [4.69, 9.17) is 10.7 Å². The molecule has 0 aliphatic carbocycles. The van der Waals surface area contributed by atoms with E-state index in [1.54, 1.807) is 13.8 Å². The van der Waals surface area contributed by atoms with Gasteiger partial charge < -0.3 is 26.4 Å². The van der Waals surface area contributed by atoms with Crippen LogP contribution in [0.4, 0.5) is 5.82 Å². The maximum atomic E-state index is 12.8. The van der Waals surface area contributed by atoms with E-state index < -0.39 is 6.17 Å². The zero-order valence-corrected chi connectivity index (χ0v) is 16.9. The third-order valence-electron chi connectivity index (χ3n) is 5.05. The number of pyridine rings is 1. The van der Waals surface area contributed by atoms with Crippen molar-refractivity contribution in [1.82, 2.24) is 15.6 Å². The Morgan fingerprint density at radius 2 is 2.04 bits per heavy atom. The summed E-state index contributed by atoms with van der Waals surface area (Å²) in [5.74, 6) is 0.513. The Hall–Kier alpha value is -2.22. The molecule has 1 aliphatic heterocycles. The molecule has 1 aromatic heterocycles. The number of nitrogens with one attached hydrogen (secondary N) is 2. The maximum absolute atomic E-state index is 12.8. The molecule has 0 saturated carbocycles. The Kier molecular flexibility index (Phi) is 6.49. The van der Waals surface area contributed by atoms with Crippen molar-refractivity contribution in [3.05, 3.63) is 35.4 Å². The summed E-state index contributed by atoms with van der Waals surface area (Å²) in [6.45, 7) is 7.77. The topological polar surface area (TPSA) is 104 Å². The van der Waals surface area contributed by atoms with Gasteiger partial charge in [-0.2, -0.15) is 0 Å². The first-order valence-electron chi connectivity index (χ1n) is 9.97. The summed E-state index contributed by atoms with van der Waals surface area (Å²) < 4.78 is 0. The Labute approximate surface area is 166 Å². The molecule has 0 bridgehead atoms. The van der Waals surface area contributed by atoms with Crippen LogP contribution < -0.4 is 21.3 Å². The van der Waals surface area contributed by atoms with E-state index >= 15 is 0 Å². The molecule has 28 heavy (non-hydrogen) atoms. The summed E-state index contributed by atoms with van der Waals surface area (Å²) in [7, 11) is 0. The number of anilines is 1. The van der Waals surface area contributed by atoms with Gasteiger partial charge in [0, 0.05) is 31.1 Å². The molecular weight excluding hydrogens is 354 g/mol. The van der Waals surface area contributed by atoms with Gasteiger partial charge >= 0.3 is 0 Å². The van der Waals surface area contributed by atoms with Gasteiger partial charge in [0.05, 0.1) is 23.3 Å². The highest BCUT2D eigenvalue weighted by atomic mass is 16.3. The fourth-order valence-corrected chi connectivity index (χ4v) is 3.61. The largest absolute Gasteiger partial charge is 0.392 e. The minimum atomic E-state index is -0.427. The number of carbonyl (C=O) groups is 1. The Morgan fingerprint density at radius 3 is 2.68 bits per heavy atom. The number of nitrogens with two attached hydrogens (primary N) is 1. The number of rotatable bonds is 6. The van der Waals surface area contributed by atoms with Crippen LogP contribution in [0.5, 0.6) is 0 Å². The first-order chi connectivity index (χ1) is 13.3. The summed E-state index contributed by atoms with van der Waals surface area (Å²) in [4.78, 5) is 19.8. The van der Waals surface area contributed by atoms with Gasteiger partial charge in [-0.05, 0) is 51.8 Å². The van der Waals surface area contributed by atoms with Crippen LogP contribution in [0.3, 0.4) is 0 Å². The minimum absolute atomic E-state index is 0.199. The van der Waals surface area contributed by atoms with Crippen molar-refractivity contribution < 1.29 is 9.90 Å². The van der Waals surface area contributed by atoms with Crippen molar-refractivity contribution in [3.8, 4) is 0 Å². The Morgan fingerprint density at radius 1 is 1.32 bits per heavy atom. The van der Waals surface area contributed by atoms with Crippen LogP contribution in [0.15, 0.2) is 24.3 Å². The van der Waals surface area contributed by atoms with Crippen LogP contribution >= 0.6 is 0 Å². The average Bonchev–Trinajstić information content (AvgIpc) is 2.65. The summed E-state index contributed by atoms with van der Waals surface area (Å²) in [5, 5.41) is 16.6. The van der Waals surface area contributed by atoms with Crippen molar-refractivity contribution in [2.45, 2.75) is 51.9 Å². The lowest BCUT2D eigenvalue weighted by molar-refractivity contribution is 0.0941. The zero-order valence-electron chi connectivity index (χ0n) is 16.9. The van der Waals surface area contributed by atoms with E-state index in [2.05, 4.69) is 15.5 Å². The molecule has 3 rings (SSSR count). The molecule has 0 spiro atoms. The third kappa shape index (κ3) is 4.98. The number of hydrogen-bond donors (Lipinski definition) is 4. The molecule has 7 heteroatoms. The molecule has 7 nitrogen and oxygen atoms in total. The Balaban J connectivity index is 1.86. The monoisotopic (exact) mass is 385 g/mol. The number of nitrogens with zero attached hydrogens (tertiary/aromatic N) is 2. The zero-order chi connectivity index (χ0) is 20.3. The highest BCUT2D eigenvalue weighted by molar-refractivity contribution is 6.02. The van der Waals surface area contributed by atoms with E-state index in [1.807, 2.05) is 31.2 Å². The predicted octanol–water partition coefficient (Wildman–Crippen LogP) is 1.52. The summed E-state index contributed by atoms with van der Waals surface area (Å²) in [6, 6.07) is 8.36. The molecule has 1 amide bonds. The van der Waals surface area contributed by atoms with Crippen molar-refractivity contribution >= 4 is 22.6 Å². The number of piperidine rings is 1. The van der Waals surface area contributed by atoms with Gasteiger partial charge in [-0.25, -0.2) is 4.98 Å². The molecule has 1 fully saturated rings. The van der Waals surface area contributed by atoms with Crippen LogP contribution in [-0.4, -0.2) is 53.9 Å². The quantitative estimate of drug-likeness (QED) is 0.562. The van der Waals surface area contributed by atoms with Gasteiger partial charge in [-0.3, -0.25) is 4.79 Å². The molecule has 2 heterocycles. The van der Waals surface area contributed by atoms with Crippen LogP contribution in [-0.2, 0) is 0 Å². The van der Waals surface area contributed by atoms with Gasteiger partial charge in [0.2, 0.25) is 0 Å². The number of hydrogen-bond acceptors (Lipinski definition) is 6. The second-order valence-corrected chi connectivity index (χ2v) is 7.84. The number of aliphatic hydroxyl groups excluding tert-OH is 1. The third-order valence-corrected chi connectivity index (χ3v) is 5.05. The van der Waals surface area contributed by atoms with Crippen LogP contribution in [0, 0.1) is 6.92 Å². The first-order valence-corrected chi connectivity index (χ1v) is 9.97. The van der Waals surface area contributed by atoms with Gasteiger partial charge in [-0.1, -0.05) is 11.6 Å². The molecule has 5 N–H and O–H groups in total. The summed E-state index contributed by atoms with van der Waals surface area (Å²) in [6.07, 6.45) is 1.10. The second-order valence-electron chi connectivity index (χ2n) is 7.84. The number of aryl methyl sites for hydroxylation is 1. The standard InChI is InChI=1S/C21H31N5O2/c1-13-4-5-19-16(10-13)11-18(21(28)24-15(3)22)20(25-19)26-8-6-17(7-9-26)23-12-14(2)27/h4-5,10-11,14-15,17,23,27H,6-9,12,22H2,1-3H3,(H,24,28). The molecule has 1 saturated heterocycles. The molecule has 0 radical (unpaired) electrons. The maximum Gasteiger partial charge on any atom is 0.256 e. The van der Waals surface area contributed by atoms with Crippen molar-refractivity contribution in [1.29, 1.82) is 0 Å². The second kappa shape index (κ2) is 8.86. The molecule has 2 atom stereocenters. The van der Waals surface area contributed by atoms with Crippen LogP contribution in [0.1, 0.15) is 42.6 Å². The average molecular weight is 386 g/mol. The van der Waals surface area contributed by atoms with Gasteiger partial charge in [0.15, 0.2) is 0 Å². The highest BCUT2D eigenvalue weighted by Gasteiger charge is 2.25. The molecule has 1 aliphatic rings. The van der Waals surface area contributed by atoms with E-state index in [1.165, 1.54) is 0 Å². The molecule has 2 unspecified atom stereocenters. The van der Waals surface area contributed by atoms with Crippen LogP contribution in [0.2, 0.25) is 0 Å². The highest BCUT2D eigenvalue weighted by Crippen LogP contribution is 2.27. The predicted molar refractivity (Wildman–Crippen MR) is 113 cm³/mol. The molecule has 2 aromatic rings. The molecule has 1 aromatic carbocycles. The minimum Gasteiger partial charge on any atom is -0.392 e.